The summed E-state index contributed by atoms with van der Waals surface area (Å²) in [6.07, 6.45) is -0.647. The molecule has 0 aliphatic carbocycles. The number of aryl methyl sites for hydroxylation is 4. The van der Waals surface area contributed by atoms with Gasteiger partial charge in [-0.1, -0.05) is 6.07 Å². The van der Waals surface area contributed by atoms with Gasteiger partial charge in [-0.15, -0.1) is 11.3 Å². The Balaban J connectivity index is 1.59. The Morgan fingerprint density at radius 2 is 1.93 bits per heavy atom. The number of thiazole rings is 1. The molecule has 1 atom stereocenters. The highest BCUT2D eigenvalue weighted by atomic mass is 32.1. The van der Waals surface area contributed by atoms with Gasteiger partial charge in [0.05, 0.1) is 22.1 Å². The topological polar surface area (TPSA) is 86.1 Å². The Labute approximate surface area is 179 Å². The second kappa shape index (κ2) is 9.21. The highest BCUT2D eigenvalue weighted by Gasteiger charge is 2.15. The van der Waals surface area contributed by atoms with Crippen molar-refractivity contribution in [3.63, 3.8) is 0 Å². The van der Waals surface area contributed by atoms with Gasteiger partial charge in [0.25, 0.3) is 11.5 Å². The summed E-state index contributed by atoms with van der Waals surface area (Å²) in [4.78, 5) is 29.9. The van der Waals surface area contributed by atoms with Gasteiger partial charge in [0, 0.05) is 12.6 Å². The maximum absolute atomic E-state index is 12.4. The molecule has 1 unspecified atom stereocenters. The predicted molar refractivity (Wildman–Crippen MR) is 118 cm³/mol. The number of nitrogens with zero attached hydrogens (tertiary/aromatic N) is 3. The smallest absolute Gasteiger partial charge is 0.266 e. The first kappa shape index (κ1) is 21.7. The number of benzene rings is 1. The van der Waals surface area contributed by atoms with Crippen LogP contribution in [-0.2, 0) is 11.3 Å². The van der Waals surface area contributed by atoms with E-state index in [2.05, 4.69) is 15.4 Å². The van der Waals surface area contributed by atoms with Crippen molar-refractivity contribution < 1.29 is 9.53 Å². The second-order valence-corrected chi connectivity index (χ2v) is 8.43. The van der Waals surface area contributed by atoms with Gasteiger partial charge in [-0.05, 0) is 63.9 Å². The molecule has 3 rings (SSSR count). The number of nitrogens with one attached hydrogen (secondary N) is 1. The lowest BCUT2D eigenvalue weighted by molar-refractivity contribution is -0.127. The minimum atomic E-state index is -0.647. The summed E-state index contributed by atoms with van der Waals surface area (Å²) in [5.41, 5.74) is 3.66. The minimum Gasteiger partial charge on any atom is -0.481 e. The number of ether oxygens (including phenoxy) is 1. The zero-order valence-corrected chi connectivity index (χ0v) is 18.7. The van der Waals surface area contributed by atoms with Crippen molar-refractivity contribution in [1.82, 2.24) is 20.1 Å². The van der Waals surface area contributed by atoms with Gasteiger partial charge in [0.2, 0.25) is 0 Å². The van der Waals surface area contributed by atoms with Crippen molar-refractivity contribution >= 4 is 17.2 Å². The molecule has 1 N–H and O–H groups in total. The zero-order chi connectivity index (χ0) is 21.8. The fourth-order valence-corrected chi connectivity index (χ4v) is 3.86. The van der Waals surface area contributed by atoms with Crippen LogP contribution in [0.25, 0.3) is 10.6 Å². The maximum atomic E-state index is 12.4. The molecule has 7 nitrogen and oxygen atoms in total. The molecule has 0 aliphatic rings. The number of hydrogen-bond acceptors (Lipinski definition) is 6. The van der Waals surface area contributed by atoms with Crippen LogP contribution in [-0.4, -0.2) is 33.3 Å². The fraction of sp³-hybridized carbons (Fsp3) is 0.364. The van der Waals surface area contributed by atoms with Crippen LogP contribution < -0.4 is 15.6 Å². The largest absolute Gasteiger partial charge is 0.481 e. The van der Waals surface area contributed by atoms with Gasteiger partial charge in [-0.3, -0.25) is 9.59 Å². The summed E-state index contributed by atoms with van der Waals surface area (Å²) >= 11 is 1.54. The molecular weight excluding hydrogens is 400 g/mol. The number of aromatic nitrogens is 3. The van der Waals surface area contributed by atoms with Crippen LogP contribution in [0.15, 0.2) is 35.1 Å². The van der Waals surface area contributed by atoms with Crippen molar-refractivity contribution in [1.29, 1.82) is 0 Å². The lowest BCUT2D eigenvalue weighted by Crippen LogP contribution is -2.39. The van der Waals surface area contributed by atoms with Gasteiger partial charge in [0.15, 0.2) is 6.10 Å². The molecule has 158 valence electrons. The number of carbonyl (C=O) groups excluding carboxylic acids is 1. The summed E-state index contributed by atoms with van der Waals surface area (Å²) < 4.78 is 7.09. The zero-order valence-electron chi connectivity index (χ0n) is 17.9. The van der Waals surface area contributed by atoms with E-state index in [1.807, 2.05) is 45.9 Å². The normalized spacial score (nSPS) is 11.9. The van der Waals surface area contributed by atoms with E-state index in [0.717, 1.165) is 21.1 Å². The molecular formula is C22H26N4O3S. The van der Waals surface area contributed by atoms with Crippen LogP contribution in [0, 0.1) is 27.7 Å². The molecule has 0 saturated heterocycles. The van der Waals surface area contributed by atoms with Gasteiger partial charge in [-0.25, -0.2) is 9.67 Å². The third kappa shape index (κ3) is 5.13. The molecule has 1 amide bonds. The summed E-state index contributed by atoms with van der Waals surface area (Å²) in [5, 5.41) is 8.19. The van der Waals surface area contributed by atoms with E-state index < -0.39 is 6.10 Å². The average molecular weight is 427 g/mol. The molecule has 3 aromatic rings. The monoisotopic (exact) mass is 426 g/mol. The average Bonchev–Trinajstić information content (AvgIpc) is 3.04. The van der Waals surface area contributed by atoms with E-state index in [1.54, 1.807) is 24.3 Å². The molecule has 0 saturated carbocycles. The molecule has 1 aromatic carbocycles. The van der Waals surface area contributed by atoms with Crippen molar-refractivity contribution in [2.45, 2.75) is 47.3 Å². The van der Waals surface area contributed by atoms with Crippen LogP contribution in [0.1, 0.15) is 28.8 Å². The van der Waals surface area contributed by atoms with E-state index in [1.165, 1.54) is 16.3 Å². The van der Waals surface area contributed by atoms with E-state index in [4.69, 9.17) is 4.74 Å². The van der Waals surface area contributed by atoms with Crippen LogP contribution >= 0.6 is 11.3 Å². The lowest BCUT2D eigenvalue weighted by atomic mass is 10.1. The number of hydrogen-bond donors (Lipinski definition) is 1. The number of rotatable bonds is 7. The predicted octanol–water partition coefficient (Wildman–Crippen LogP) is 3.18. The quantitative estimate of drug-likeness (QED) is 0.627. The van der Waals surface area contributed by atoms with Gasteiger partial charge in [0.1, 0.15) is 11.4 Å². The van der Waals surface area contributed by atoms with Gasteiger partial charge >= 0.3 is 0 Å². The molecule has 0 fully saturated rings. The molecule has 8 heteroatoms. The Hall–Kier alpha value is -3.00. The van der Waals surface area contributed by atoms with Gasteiger partial charge < -0.3 is 10.1 Å². The molecule has 2 heterocycles. The Morgan fingerprint density at radius 1 is 1.17 bits per heavy atom. The first-order chi connectivity index (χ1) is 14.2. The van der Waals surface area contributed by atoms with Crippen molar-refractivity contribution in [2.24, 2.45) is 0 Å². The molecule has 0 bridgehead atoms. The highest BCUT2D eigenvalue weighted by molar-refractivity contribution is 7.15. The molecule has 0 radical (unpaired) electrons. The lowest BCUT2D eigenvalue weighted by Gasteiger charge is -2.16. The number of carbonyl (C=O) groups is 1. The third-order valence-electron chi connectivity index (χ3n) is 4.79. The van der Waals surface area contributed by atoms with E-state index in [-0.39, 0.29) is 24.6 Å². The standard InChI is InChI=1S/C22H26N4O3S/c1-13-6-7-18(12-14(13)2)29-16(4)22(28)23-10-11-26-20(27)9-8-19(25-26)21-15(3)24-17(5)30-21/h6-9,12,16H,10-11H2,1-5H3,(H,23,28). The SMILES string of the molecule is Cc1nc(C)c(-c2ccc(=O)n(CCNC(=O)C(C)Oc3ccc(C)c(C)c3)n2)s1. The summed E-state index contributed by atoms with van der Waals surface area (Å²) in [5.74, 6) is 0.410. The highest BCUT2D eigenvalue weighted by Crippen LogP contribution is 2.27. The van der Waals surface area contributed by atoms with Gasteiger partial charge in [-0.2, -0.15) is 5.10 Å². The summed E-state index contributed by atoms with van der Waals surface area (Å²) in [6.45, 7) is 10.1. The molecule has 0 aliphatic heterocycles. The summed E-state index contributed by atoms with van der Waals surface area (Å²) in [6, 6.07) is 8.93. The van der Waals surface area contributed by atoms with Crippen LogP contribution in [0.3, 0.4) is 0 Å². The first-order valence-electron chi connectivity index (χ1n) is 9.79. The Bertz CT molecular complexity index is 1120. The van der Waals surface area contributed by atoms with E-state index >= 15 is 0 Å². The van der Waals surface area contributed by atoms with E-state index in [9.17, 15) is 9.59 Å². The van der Waals surface area contributed by atoms with Crippen molar-refractivity contribution in [2.75, 3.05) is 6.54 Å². The third-order valence-corrected chi connectivity index (χ3v) is 5.88. The summed E-state index contributed by atoms with van der Waals surface area (Å²) in [7, 11) is 0. The van der Waals surface area contributed by atoms with Crippen LogP contribution in [0.4, 0.5) is 0 Å². The Morgan fingerprint density at radius 3 is 2.60 bits per heavy atom. The molecule has 2 aromatic heterocycles. The van der Waals surface area contributed by atoms with Crippen molar-refractivity contribution in [3.8, 4) is 16.3 Å². The fourth-order valence-electron chi connectivity index (χ4n) is 2.97. The number of amides is 1. The maximum Gasteiger partial charge on any atom is 0.266 e. The second-order valence-electron chi connectivity index (χ2n) is 7.22. The molecule has 30 heavy (non-hydrogen) atoms. The van der Waals surface area contributed by atoms with Crippen LogP contribution in [0.2, 0.25) is 0 Å². The molecule has 0 spiro atoms. The van der Waals surface area contributed by atoms with Crippen molar-refractivity contribution in [3.05, 3.63) is 62.5 Å². The van der Waals surface area contributed by atoms with E-state index in [0.29, 0.717) is 11.4 Å². The first-order valence-corrected chi connectivity index (χ1v) is 10.6. The van der Waals surface area contributed by atoms with Crippen LogP contribution in [0.5, 0.6) is 5.75 Å². The minimum absolute atomic E-state index is 0.216. The Kier molecular flexibility index (Phi) is 6.66.